The molecule has 2 saturated heterocycles. The first-order chi connectivity index (χ1) is 12.1. The van der Waals surface area contributed by atoms with Crippen LogP contribution in [0.4, 0.5) is 10.1 Å². The fourth-order valence-electron chi connectivity index (χ4n) is 3.54. The van der Waals surface area contributed by atoms with Crippen molar-refractivity contribution >= 4 is 17.5 Å². The standard InChI is InChI=1S/C19H26FN3O2/c20-16-4-6-17(7-5-16)21-12-14-23(15-13-21)19(25)9-8-18(24)22-10-2-1-3-11-22/h4-7H,1-3,8-15H2. The molecule has 0 N–H and O–H groups in total. The van der Waals surface area contributed by atoms with Crippen molar-refractivity contribution in [3.63, 3.8) is 0 Å². The van der Waals surface area contributed by atoms with Gasteiger partial charge in [0.05, 0.1) is 0 Å². The summed E-state index contributed by atoms with van der Waals surface area (Å²) in [7, 11) is 0. The molecule has 2 amide bonds. The van der Waals surface area contributed by atoms with Gasteiger partial charge in [0.15, 0.2) is 0 Å². The number of hydrogen-bond acceptors (Lipinski definition) is 3. The lowest BCUT2D eigenvalue weighted by molar-refractivity contribution is -0.137. The van der Waals surface area contributed by atoms with Crippen molar-refractivity contribution in [1.82, 2.24) is 9.80 Å². The minimum absolute atomic E-state index is 0.0594. The molecule has 0 aliphatic carbocycles. The highest BCUT2D eigenvalue weighted by Crippen LogP contribution is 2.17. The largest absolute Gasteiger partial charge is 0.368 e. The van der Waals surface area contributed by atoms with E-state index in [1.54, 1.807) is 12.1 Å². The first-order valence-electron chi connectivity index (χ1n) is 9.19. The number of halogens is 1. The molecule has 3 rings (SSSR count). The number of piperazine rings is 1. The number of anilines is 1. The molecule has 2 aliphatic rings. The van der Waals surface area contributed by atoms with Crippen LogP contribution in [-0.2, 0) is 9.59 Å². The zero-order valence-electron chi connectivity index (χ0n) is 14.6. The molecule has 0 atom stereocenters. The van der Waals surface area contributed by atoms with Gasteiger partial charge in [-0.15, -0.1) is 0 Å². The second-order valence-corrected chi connectivity index (χ2v) is 6.79. The number of carbonyl (C=O) groups is 2. The number of carbonyl (C=O) groups excluding carboxylic acids is 2. The van der Waals surface area contributed by atoms with Gasteiger partial charge in [-0.05, 0) is 43.5 Å². The predicted octanol–water partition coefficient (Wildman–Crippen LogP) is 2.27. The summed E-state index contributed by atoms with van der Waals surface area (Å²) in [6, 6.07) is 6.45. The van der Waals surface area contributed by atoms with Gasteiger partial charge in [-0.3, -0.25) is 9.59 Å². The number of hydrogen-bond donors (Lipinski definition) is 0. The summed E-state index contributed by atoms with van der Waals surface area (Å²) >= 11 is 0. The minimum Gasteiger partial charge on any atom is -0.368 e. The van der Waals surface area contributed by atoms with Crippen molar-refractivity contribution in [3.8, 4) is 0 Å². The van der Waals surface area contributed by atoms with E-state index in [1.165, 1.54) is 18.6 Å². The van der Waals surface area contributed by atoms with Gasteiger partial charge in [0.1, 0.15) is 5.82 Å². The topological polar surface area (TPSA) is 43.9 Å². The SMILES string of the molecule is O=C(CCC(=O)N1CCN(c2ccc(F)cc2)CC1)N1CCCCC1. The van der Waals surface area contributed by atoms with Gasteiger partial charge >= 0.3 is 0 Å². The van der Waals surface area contributed by atoms with Gasteiger partial charge in [-0.1, -0.05) is 0 Å². The maximum Gasteiger partial charge on any atom is 0.223 e. The Hall–Kier alpha value is -2.11. The van der Waals surface area contributed by atoms with E-state index in [4.69, 9.17) is 0 Å². The molecule has 0 spiro atoms. The third-order valence-electron chi connectivity index (χ3n) is 5.09. The van der Waals surface area contributed by atoms with Crippen LogP contribution in [0.3, 0.4) is 0 Å². The monoisotopic (exact) mass is 347 g/mol. The van der Waals surface area contributed by atoms with E-state index in [2.05, 4.69) is 4.90 Å². The van der Waals surface area contributed by atoms with Crippen molar-refractivity contribution in [2.75, 3.05) is 44.2 Å². The summed E-state index contributed by atoms with van der Waals surface area (Å²) in [5, 5.41) is 0. The van der Waals surface area contributed by atoms with Gasteiger partial charge in [0.25, 0.3) is 0 Å². The lowest BCUT2D eigenvalue weighted by Gasteiger charge is -2.36. The van der Waals surface area contributed by atoms with Gasteiger partial charge in [-0.2, -0.15) is 0 Å². The third kappa shape index (κ3) is 4.71. The number of piperidine rings is 1. The lowest BCUT2D eigenvalue weighted by atomic mass is 10.1. The second-order valence-electron chi connectivity index (χ2n) is 6.79. The fraction of sp³-hybridized carbons (Fsp3) is 0.579. The van der Waals surface area contributed by atoms with Crippen molar-refractivity contribution < 1.29 is 14.0 Å². The predicted molar refractivity (Wildman–Crippen MR) is 94.9 cm³/mol. The van der Waals surface area contributed by atoms with Gasteiger partial charge in [0, 0.05) is 57.8 Å². The van der Waals surface area contributed by atoms with E-state index in [1.807, 2.05) is 9.80 Å². The van der Waals surface area contributed by atoms with Crippen LogP contribution in [0.2, 0.25) is 0 Å². The Kier molecular flexibility index (Phi) is 5.89. The molecule has 2 heterocycles. The first-order valence-corrected chi connectivity index (χ1v) is 9.19. The van der Waals surface area contributed by atoms with Crippen LogP contribution < -0.4 is 4.90 Å². The van der Waals surface area contributed by atoms with Crippen LogP contribution in [0, 0.1) is 5.82 Å². The number of likely N-dealkylation sites (tertiary alicyclic amines) is 1. The summed E-state index contributed by atoms with van der Waals surface area (Å²) < 4.78 is 13.0. The minimum atomic E-state index is -0.240. The molecule has 1 aromatic rings. The Labute approximate surface area is 148 Å². The van der Waals surface area contributed by atoms with Crippen LogP contribution in [-0.4, -0.2) is 60.9 Å². The van der Waals surface area contributed by atoms with Crippen LogP contribution in [0.1, 0.15) is 32.1 Å². The third-order valence-corrected chi connectivity index (χ3v) is 5.09. The maximum atomic E-state index is 13.0. The Balaban J connectivity index is 1.42. The van der Waals surface area contributed by atoms with E-state index in [-0.39, 0.29) is 17.6 Å². The molecule has 0 radical (unpaired) electrons. The average molecular weight is 347 g/mol. The average Bonchev–Trinajstić information content (AvgIpc) is 2.67. The van der Waals surface area contributed by atoms with Crippen LogP contribution >= 0.6 is 0 Å². The molecule has 1 aromatic carbocycles. The van der Waals surface area contributed by atoms with E-state index in [0.29, 0.717) is 25.9 Å². The van der Waals surface area contributed by atoms with Gasteiger partial charge in [-0.25, -0.2) is 4.39 Å². The van der Waals surface area contributed by atoms with Gasteiger partial charge in [0.2, 0.25) is 11.8 Å². The summed E-state index contributed by atoms with van der Waals surface area (Å²) in [4.78, 5) is 30.4. The van der Waals surface area contributed by atoms with Crippen LogP contribution in [0.25, 0.3) is 0 Å². The van der Waals surface area contributed by atoms with Crippen LogP contribution in [0.5, 0.6) is 0 Å². The molecular weight excluding hydrogens is 321 g/mol. The van der Waals surface area contributed by atoms with Crippen molar-refractivity contribution in [2.24, 2.45) is 0 Å². The van der Waals surface area contributed by atoms with Crippen molar-refractivity contribution in [3.05, 3.63) is 30.1 Å². The Morgan fingerprint density at radius 1 is 0.760 bits per heavy atom. The highest BCUT2D eigenvalue weighted by atomic mass is 19.1. The van der Waals surface area contributed by atoms with E-state index in [9.17, 15) is 14.0 Å². The fourth-order valence-corrected chi connectivity index (χ4v) is 3.54. The zero-order valence-corrected chi connectivity index (χ0v) is 14.6. The molecule has 136 valence electrons. The van der Waals surface area contributed by atoms with E-state index in [0.717, 1.165) is 44.7 Å². The lowest BCUT2D eigenvalue weighted by Crippen LogP contribution is -2.49. The Morgan fingerprint density at radius 2 is 1.28 bits per heavy atom. The first kappa shape index (κ1) is 17.7. The summed E-state index contributed by atoms with van der Waals surface area (Å²) in [6.07, 6.45) is 3.96. The second kappa shape index (κ2) is 8.32. The zero-order chi connectivity index (χ0) is 17.6. The Morgan fingerprint density at radius 3 is 1.84 bits per heavy atom. The van der Waals surface area contributed by atoms with Crippen molar-refractivity contribution in [1.29, 1.82) is 0 Å². The smallest absolute Gasteiger partial charge is 0.223 e. The van der Waals surface area contributed by atoms with Crippen LogP contribution in [0.15, 0.2) is 24.3 Å². The highest BCUT2D eigenvalue weighted by Gasteiger charge is 2.23. The molecule has 6 heteroatoms. The normalized spacial score (nSPS) is 18.4. The van der Waals surface area contributed by atoms with Gasteiger partial charge < -0.3 is 14.7 Å². The molecule has 0 aromatic heterocycles. The highest BCUT2D eigenvalue weighted by molar-refractivity contribution is 5.84. The maximum absolute atomic E-state index is 13.0. The van der Waals surface area contributed by atoms with E-state index < -0.39 is 0 Å². The number of rotatable bonds is 4. The molecule has 0 unspecified atom stereocenters. The number of amides is 2. The molecule has 2 fully saturated rings. The molecule has 5 nitrogen and oxygen atoms in total. The van der Waals surface area contributed by atoms with E-state index >= 15 is 0 Å². The number of benzene rings is 1. The van der Waals surface area contributed by atoms with Crippen molar-refractivity contribution in [2.45, 2.75) is 32.1 Å². The molecule has 2 aliphatic heterocycles. The summed E-state index contributed by atoms with van der Waals surface area (Å²) in [5.41, 5.74) is 0.980. The molecule has 25 heavy (non-hydrogen) atoms. The summed E-state index contributed by atoms with van der Waals surface area (Å²) in [5.74, 6) is -0.0712. The Bertz CT molecular complexity index is 591. The molecule has 0 bridgehead atoms. The summed E-state index contributed by atoms with van der Waals surface area (Å²) in [6.45, 7) is 4.43. The molecular formula is C19H26FN3O2. The molecule has 0 saturated carbocycles. The number of nitrogens with zero attached hydrogens (tertiary/aromatic N) is 3. The quantitative estimate of drug-likeness (QED) is 0.839.